The molecule has 4 aromatic rings. The number of carbonyl (C=O) groups is 1. The fourth-order valence-electron chi connectivity index (χ4n) is 3.36. The topological polar surface area (TPSA) is 105 Å². The van der Waals surface area contributed by atoms with Gasteiger partial charge in [0.1, 0.15) is 11.5 Å². The van der Waals surface area contributed by atoms with Crippen LogP contribution in [0.2, 0.25) is 0 Å². The van der Waals surface area contributed by atoms with E-state index in [1.165, 1.54) is 12.1 Å². The summed E-state index contributed by atoms with van der Waals surface area (Å²) < 4.78 is 6.10. The Morgan fingerprint density at radius 1 is 1.13 bits per heavy atom. The van der Waals surface area contributed by atoms with Crippen molar-refractivity contribution in [3.63, 3.8) is 0 Å². The third-order valence-electron chi connectivity index (χ3n) is 4.77. The van der Waals surface area contributed by atoms with E-state index in [-0.39, 0.29) is 11.0 Å². The maximum absolute atomic E-state index is 12.8. The Kier molecular flexibility index (Phi) is 5.02. The van der Waals surface area contributed by atoms with E-state index in [1.54, 1.807) is 55.7 Å². The highest BCUT2D eigenvalue weighted by Gasteiger charge is 2.19. The summed E-state index contributed by atoms with van der Waals surface area (Å²) in [6, 6.07) is 12.9. The van der Waals surface area contributed by atoms with Gasteiger partial charge in [-0.3, -0.25) is 14.8 Å². The number of rotatable bonds is 5. The average Bonchev–Trinajstić information content (AvgIpc) is 2.74. The van der Waals surface area contributed by atoms with Crippen LogP contribution in [0.4, 0.5) is 5.69 Å². The molecule has 7 heteroatoms. The van der Waals surface area contributed by atoms with E-state index in [0.717, 1.165) is 5.56 Å². The number of aromatic carboxylic acids is 1. The molecule has 150 valence electrons. The molecule has 0 aliphatic rings. The molecule has 0 unspecified atom stereocenters. The van der Waals surface area contributed by atoms with Gasteiger partial charge in [-0.05, 0) is 44.2 Å². The lowest BCUT2D eigenvalue weighted by molar-refractivity contribution is 0.0698. The first-order chi connectivity index (χ1) is 14.4. The fraction of sp³-hybridized carbons (Fsp3) is 0.130. The molecule has 3 aromatic heterocycles. The molecule has 0 spiro atoms. The standard InChI is InChI=1S/C23H19N3O4/c1-13-11-17-19(27)12-20(15-7-9-24-10-8-15)30-22(17)21(25-13)14(2)26-18-6-4-3-5-16(18)23(28)29/h3-12,14,26H,1-2H3,(H,28,29)/t14-/m1/s1. The molecule has 2 N–H and O–H groups in total. The fourth-order valence-corrected chi connectivity index (χ4v) is 3.36. The summed E-state index contributed by atoms with van der Waals surface area (Å²) in [5, 5.41) is 13.1. The first-order valence-corrected chi connectivity index (χ1v) is 9.38. The van der Waals surface area contributed by atoms with Gasteiger partial charge in [-0.15, -0.1) is 0 Å². The maximum Gasteiger partial charge on any atom is 0.337 e. The second-order valence-corrected chi connectivity index (χ2v) is 6.95. The number of carboxylic acids is 1. The molecule has 1 atom stereocenters. The predicted octanol–water partition coefficient (Wildman–Crippen LogP) is 4.43. The lowest BCUT2D eigenvalue weighted by Gasteiger charge is -2.18. The van der Waals surface area contributed by atoms with Crippen molar-refractivity contribution in [1.82, 2.24) is 9.97 Å². The number of benzene rings is 1. The Hall–Kier alpha value is -4.00. The van der Waals surface area contributed by atoms with Crippen LogP contribution in [0.15, 0.2) is 70.1 Å². The molecule has 1 aromatic carbocycles. The zero-order chi connectivity index (χ0) is 21.3. The summed E-state index contributed by atoms with van der Waals surface area (Å²) in [6.45, 7) is 3.65. The van der Waals surface area contributed by atoms with Gasteiger partial charge in [-0.2, -0.15) is 0 Å². The third kappa shape index (κ3) is 3.65. The SMILES string of the molecule is Cc1cc2c(=O)cc(-c3ccncc3)oc2c([C@@H](C)Nc2ccccc2C(=O)O)n1. The van der Waals surface area contributed by atoms with Crippen LogP contribution >= 0.6 is 0 Å². The van der Waals surface area contributed by atoms with Gasteiger partial charge in [-0.1, -0.05) is 12.1 Å². The molecule has 0 radical (unpaired) electrons. The molecular formula is C23H19N3O4. The van der Waals surface area contributed by atoms with Crippen LogP contribution in [-0.2, 0) is 0 Å². The van der Waals surface area contributed by atoms with E-state index in [9.17, 15) is 14.7 Å². The van der Waals surface area contributed by atoms with E-state index >= 15 is 0 Å². The third-order valence-corrected chi connectivity index (χ3v) is 4.77. The smallest absolute Gasteiger partial charge is 0.337 e. The quantitative estimate of drug-likeness (QED) is 0.510. The van der Waals surface area contributed by atoms with Gasteiger partial charge in [0, 0.05) is 35.4 Å². The molecule has 0 aliphatic heterocycles. The van der Waals surface area contributed by atoms with E-state index in [2.05, 4.69) is 15.3 Å². The van der Waals surface area contributed by atoms with Gasteiger partial charge in [-0.25, -0.2) is 4.79 Å². The van der Waals surface area contributed by atoms with Gasteiger partial charge in [0.2, 0.25) is 0 Å². The molecule has 0 aliphatic carbocycles. The number of nitrogens with zero attached hydrogens (tertiary/aromatic N) is 2. The Bertz CT molecular complexity index is 1300. The second-order valence-electron chi connectivity index (χ2n) is 6.95. The summed E-state index contributed by atoms with van der Waals surface area (Å²) in [7, 11) is 0. The van der Waals surface area contributed by atoms with Crippen molar-refractivity contribution >= 4 is 22.6 Å². The van der Waals surface area contributed by atoms with E-state index in [1.807, 2.05) is 6.92 Å². The van der Waals surface area contributed by atoms with Crippen molar-refractivity contribution in [2.45, 2.75) is 19.9 Å². The van der Waals surface area contributed by atoms with Crippen LogP contribution in [0.5, 0.6) is 0 Å². The van der Waals surface area contributed by atoms with Crippen molar-refractivity contribution in [1.29, 1.82) is 0 Å². The van der Waals surface area contributed by atoms with Gasteiger partial charge < -0.3 is 14.8 Å². The number of pyridine rings is 2. The molecule has 4 rings (SSSR count). The molecule has 0 bridgehead atoms. The number of para-hydroxylation sites is 1. The second kappa shape index (κ2) is 7.79. The van der Waals surface area contributed by atoms with Crippen molar-refractivity contribution in [3.05, 3.63) is 88.1 Å². The summed E-state index contributed by atoms with van der Waals surface area (Å²) in [5.41, 5.74) is 2.73. The van der Waals surface area contributed by atoms with Crippen LogP contribution in [0.1, 0.15) is 34.7 Å². The number of anilines is 1. The van der Waals surface area contributed by atoms with Crippen LogP contribution in [0, 0.1) is 6.92 Å². The summed E-state index contributed by atoms with van der Waals surface area (Å²) in [6.07, 6.45) is 3.25. The summed E-state index contributed by atoms with van der Waals surface area (Å²) in [4.78, 5) is 32.9. The Morgan fingerprint density at radius 3 is 2.60 bits per heavy atom. The highest BCUT2D eigenvalue weighted by atomic mass is 16.4. The Labute approximate surface area is 172 Å². The molecule has 0 fully saturated rings. The molecule has 0 saturated heterocycles. The largest absolute Gasteiger partial charge is 0.478 e. The minimum absolute atomic E-state index is 0.153. The van der Waals surface area contributed by atoms with Crippen LogP contribution < -0.4 is 10.7 Å². The van der Waals surface area contributed by atoms with Gasteiger partial charge in [0.25, 0.3) is 0 Å². The van der Waals surface area contributed by atoms with Gasteiger partial charge >= 0.3 is 5.97 Å². The van der Waals surface area contributed by atoms with Gasteiger partial charge in [0.05, 0.1) is 17.0 Å². The molecule has 30 heavy (non-hydrogen) atoms. The Balaban J connectivity index is 1.85. The number of nitrogens with one attached hydrogen (secondary N) is 1. The molecule has 0 amide bonds. The average molecular weight is 401 g/mol. The van der Waals surface area contributed by atoms with Crippen LogP contribution in [0.3, 0.4) is 0 Å². The zero-order valence-electron chi connectivity index (χ0n) is 16.4. The highest BCUT2D eigenvalue weighted by molar-refractivity contribution is 5.94. The van der Waals surface area contributed by atoms with E-state index < -0.39 is 12.0 Å². The minimum Gasteiger partial charge on any atom is -0.478 e. The van der Waals surface area contributed by atoms with Crippen molar-refractivity contribution in [3.8, 4) is 11.3 Å². The number of aromatic nitrogens is 2. The van der Waals surface area contributed by atoms with Gasteiger partial charge in [0.15, 0.2) is 11.0 Å². The molecule has 3 heterocycles. The lowest BCUT2D eigenvalue weighted by Crippen LogP contribution is -2.14. The van der Waals surface area contributed by atoms with Crippen molar-refractivity contribution < 1.29 is 14.3 Å². The number of hydrogen-bond donors (Lipinski definition) is 2. The van der Waals surface area contributed by atoms with E-state index in [0.29, 0.717) is 33.8 Å². The minimum atomic E-state index is -1.03. The van der Waals surface area contributed by atoms with Crippen molar-refractivity contribution in [2.75, 3.05) is 5.32 Å². The first-order valence-electron chi connectivity index (χ1n) is 9.38. The zero-order valence-corrected chi connectivity index (χ0v) is 16.4. The monoisotopic (exact) mass is 401 g/mol. The summed E-state index contributed by atoms with van der Waals surface area (Å²) >= 11 is 0. The highest BCUT2D eigenvalue weighted by Crippen LogP contribution is 2.29. The number of carboxylic acid groups (broad SMARTS) is 1. The van der Waals surface area contributed by atoms with Crippen LogP contribution in [0.25, 0.3) is 22.3 Å². The maximum atomic E-state index is 12.8. The van der Waals surface area contributed by atoms with Crippen molar-refractivity contribution in [2.24, 2.45) is 0 Å². The first kappa shape index (κ1) is 19.3. The lowest BCUT2D eigenvalue weighted by atomic mass is 10.1. The number of aryl methyl sites for hydroxylation is 1. The predicted molar refractivity (Wildman–Crippen MR) is 114 cm³/mol. The normalized spacial score (nSPS) is 11.9. The molecule has 7 nitrogen and oxygen atoms in total. The number of hydrogen-bond acceptors (Lipinski definition) is 6. The van der Waals surface area contributed by atoms with Crippen LogP contribution in [-0.4, -0.2) is 21.0 Å². The molecular weight excluding hydrogens is 382 g/mol. The number of fused-ring (bicyclic) bond motifs is 1. The Morgan fingerprint density at radius 2 is 1.87 bits per heavy atom. The molecule has 0 saturated carbocycles. The van der Waals surface area contributed by atoms with E-state index in [4.69, 9.17) is 4.42 Å². The summed E-state index contributed by atoms with van der Waals surface area (Å²) in [5.74, 6) is -0.612.